The van der Waals surface area contributed by atoms with Crippen molar-refractivity contribution >= 4 is 12.0 Å². The molecule has 0 aliphatic heterocycles. The van der Waals surface area contributed by atoms with Gasteiger partial charge in [-0.2, -0.15) is 0 Å². The third-order valence-electron chi connectivity index (χ3n) is 4.39. The van der Waals surface area contributed by atoms with Crippen LogP contribution < -0.4 is 16.2 Å². The van der Waals surface area contributed by atoms with Crippen LogP contribution in [-0.2, 0) is 16.1 Å². The Labute approximate surface area is 154 Å². The summed E-state index contributed by atoms with van der Waals surface area (Å²) < 4.78 is 6.62. The highest BCUT2D eigenvalue weighted by Crippen LogP contribution is 2.27. The Bertz CT molecular complexity index is 672. The summed E-state index contributed by atoms with van der Waals surface area (Å²) >= 11 is 0. The van der Waals surface area contributed by atoms with Gasteiger partial charge in [0.1, 0.15) is 12.1 Å². The van der Waals surface area contributed by atoms with E-state index in [0.29, 0.717) is 12.5 Å². The van der Waals surface area contributed by atoms with E-state index in [1.54, 1.807) is 39.1 Å². The molecule has 0 unspecified atom stereocenters. The van der Waals surface area contributed by atoms with E-state index in [1.165, 1.54) is 10.6 Å². The smallest absolute Gasteiger partial charge is 0.407 e. The quantitative estimate of drug-likeness (QED) is 0.809. The average Bonchev–Trinajstić information content (AvgIpc) is 3.06. The highest BCUT2D eigenvalue weighted by Gasteiger charge is 2.27. The predicted molar refractivity (Wildman–Crippen MR) is 98.8 cm³/mol. The molecule has 2 amide bonds. The highest BCUT2D eigenvalue weighted by molar-refractivity contribution is 5.76. The molecule has 0 aromatic carbocycles. The van der Waals surface area contributed by atoms with E-state index in [2.05, 4.69) is 10.6 Å². The molecule has 1 aliphatic rings. The van der Waals surface area contributed by atoms with Gasteiger partial charge in [0.25, 0.3) is 5.56 Å². The molecule has 144 valence electrons. The van der Waals surface area contributed by atoms with Gasteiger partial charge in [0, 0.05) is 24.8 Å². The largest absolute Gasteiger partial charge is 0.444 e. The van der Waals surface area contributed by atoms with Crippen molar-refractivity contribution in [2.24, 2.45) is 5.92 Å². The number of nitrogens with zero attached hydrogens (tertiary/aromatic N) is 1. The molecule has 7 heteroatoms. The van der Waals surface area contributed by atoms with Gasteiger partial charge in [0.2, 0.25) is 5.91 Å². The Morgan fingerprint density at radius 3 is 2.58 bits per heavy atom. The number of nitrogens with one attached hydrogen (secondary N) is 2. The summed E-state index contributed by atoms with van der Waals surface area (Å²) in [7, 11) is 0. The summed E-state index contributed by atoms with van der Waals surface area (Å²) in [6.45, 7) is 5.70. The van der Waals surface area contributed by atoms with Crippen molar-refractivity contribution < 1.29 is 14.3 Å². The van der Waals surface area contributed by atoms with Crippen molar-refractivity contribution in [3.63, 3.8) is 0 Å². The number of ether oxygens (including phenoxy) is 1. The predicted octanol–water partition coefficient (Wildman–Crippen LogP) is 2.05. The number of rotatable bonds is 6. The minimum atomic E-state index is -0.565. The molecule has 1 aromatic rings. The van der Waals surface area contributed by atoms with Crippen LogP contribution in [0.5, 0.6) is 0 Å². The first-order chi connectivity index (χ1) is 12.2. The molecule has 1 aromatic heterocycles. The molecular weight excluding hydrogens is 334 g/mol. The van der Waals surface area contributed by atoms with Crippen LogP contribution in [0.3, 0.4) is 0 Å². The zero-order valence-electron chi connectivity index (χ0n) is 15.8. The number of carbonyl (C=O) groups is 2. The van der Waals surface area contributed by atoms with Gasteiger partial charge in [-0.15, -0.1) is 0 Å². The van der Waals surface area contributed by atoms with Crippen LogP contribution in [0.25, 0.3) is 0 Å². The lowest BCUT2D eigenvalue weighted by molar-refractivity contribution is -0.122. The van der Waals surface area contributed by atoms with Gasteiger partial charge in [0.15, 0.2) is 0 Å². The molecule has 0 saturated heterocycles. The molecule has 0 radical (unpaired) electrons. The van der Waals surface area contributed by atoms with Crippen LogP contribution in [0.1, 0.15) is 46.5 Å². The van der Waals surface area contributed by atoms with E-state index in [4.69, 9.17) is 4.74 Å². The minimum absolute atomic E-state index is 0.0324. The molecule has 0 spiro atoms. The summed E-state index contributed by atoms with van der Waals surface area (Å²) in [4.78, 5) is 36.1. The van der Waals surface area contributed by atoms with Crippen LogP contribution in [0.4, 0.5) is 4.79 Å². The first-order valence-corrected chi connectivity index (χ1v) is 9.16. The zero-order valence-corrected chi connectivity index (χ0v) is 15.8. The minimum Gasteiger partial charge on any atom is -0.444 e. The molecule has 26 heavy (non-hydrogen) atoms. The summed E-state index contributed by atoms with van der Waals surface area (Å²) in [5.41, 5.74) is -0.781. The molecule has 1 heterocycles. The van der Waals surface area contributed by atoms with E-state index >= 15 is 0 Å². The second-order valence-electron chi connectivity index (χ2n) is 7.77. The normalized spacial score (nSPS) is 16.1. The number of carbonyl (C=O) groups excluding carboxylic acids is 2. The van der Waals surface area contributed by atoms with Crippen molar-refractivity contribution in [1.29, 1.82) is 0 Å². The maximum absolute atomic E-state index is 12.4. The number of hydrogen-bond donors (Lipinski definition) is 2. The molecule has 2 N–H and O–H groups in total. The molecule has 7 nitrogen and oxygen atoms in total. The van der Waals surface area contributed by atoms with E-state index in [0.717, 1.165) is 25.7 Å². The van der Waals surface area contributed by atoms with Crippen molar-refractivity contribution in [1.82, 2.24) is 15.2 Å². The number of pyridine rings is 1. The molecule has 1 fully saturated rings. The van der Waals surface area contributed by atoms with Crippen molar-refractivity contribution in [3.05, 3.63) is 34.7 Å². The van der Waals surface area contributed by atoms with Crippen LogP contribution in [0.15, 0.2) is 29.2 Å². The van der Waals surface area contributed by atoms with E-state index < -0.39 is 11.7 Å². The first kappa shape index (κ1) is 20.0. The van der Waals surface area contributed by atoms with Gasteiger partial charge in [0.05, 0.1) is 0 Å². The molecule has 1 saturated carbocycles. The van der Waals surface area contributed by atoms with Gasteiger partial charge >= 0.3 is 6.09 Å². The van der Waals surface area contributed by atoms with Crippen molar-refractivity contribution in [3.8, 4) is 0 Å². The monoisotopic (exact) mass is 363 g/mol. The molecule has 2 rings (SSSR count). The molecular formula is C19H29N3O4. The lowest BCUT2D eigenvalue weighted by Gasteiger charge is -2.26. The van der Waals surface area contributed by atoms with E-state index in [-0.39, 0.29) is 24.1 Å². The lowest BCUT2D eigenvalue weighted by Crippen LogP contribution is -2.49. The van der Waals surface area contributed by atoms with Crippen LogP contribution in [-0.4, -0.2) is 34.8 Å². The van der Waals surface area contributed by atoms with Crippen LogP contribution >= 0.6 is 0 Å². The fourth-order valence-electron chi connectivity index (χ4n) is 3.20. The molecule has 0 bridgehead atoms. The second kappa shape index (κ2) is 8.87. The van der Waals surface area contributed by atoms with Crippen molar-refractivity contribution in [2.45, 2.75) is 64.6 Å². The first-order valence-electron chi connectivity index (χ1n) is 9.16. The average molecular weight is 363 g/mol. The summed E-state index contributed by atoms with van der Waals surface area (Å²) in [6, 6.07) is 4.61. The van der Waals surface area contributed by atoms with Gasteiger partial charge < -0.3 is 19.9 Å². The standard InChI is InChI=1S/C19H29N3O4/c1-19(2,3)26-18(25)20-12-15(14-8-4-5-9-14)21-16(23)13-22-11-7-6-10-17(22)24/h6-7,10-11,14-15H,4-5,8-9,12-13H2,1-3H3,(H,20,25)(H,21,23)/t15-/m0/s1. The summed E-state index contributed by atoms with van der Waals surface area (Å²) in [6.07, 6.45) is 5.39. The topological polar surface area (TPSA) is 89.4 Å². The summed E-state index contributed by atoms with van der Waals surface area (Å²) in [5, 5.41) is 5.74. The number of aromatic nitrogens is 1. The van der Waals surface area contributed by atoms with Crippen molar-refractivity contribution in [2.75, 3.05) is 6.54 Å². The Morgan fingerprint density at radius 1 is 1.27 bits per heavy atom. The molecule has 1 aliphatic carbocycles. The fraction of sp³-hybridized carbons (Fsp3) is 0.632. The maximum atomic E-state index is 12.4. The lowest BCUT2D eigenvalue weighted by atomic mass is 9.98. The summed E-state index contributed by atoms with van der Waals surface area (Å²) in [5.74, 6) is 0.0857. The third kappa shape index (κ3) is 6.54. The highest BCUT2D eigenvalue weighted by atomic mass is 16.6. The second-order valence-corrected chi connectivity index (χ2v) is 7.77. The number of hydrogen-bond acceptors (Lipinski definition) is 4. The Kier molecular flexibility index (Phi) is 6.83. The number of alkyl carbamates (subject to hydrolysis) is 1. The van der Waals surface area contributed by atoms with Gasteiger partial charge in [-0.05, 0) is 45.6 Å². The maximum Gasteiger partial charge on any atom is 0.407 e. The third-order valence-corrected chi connectivity index (χ3v) is 4.39. The zero-order chi connectivity index (χ0) is 19.2. The molecule has 1 atom stereocenters. The van der Waals surface area contributed by atoms with E-state index in [1.807, 2.05) is 0 Å². The van der Waals surface area contributed by atoms with Gasteiger partial charge in [-0.1, -0.05) is 18.9 Å². The Balaban J connectivity index is 1.94. The van der Waals surface area contributed by atoms with Crippen LogP contribution in [0, 0.1) is 5.92 Å². The SMILES string of the molecule is CC(C)(C)OC(=O)NC[C@H](NC(=O)Cn1ccccc1=O)C1CCCC1. The van der Waals surface area contributed by atoms with Gasteiger partial charge in [-0.25, -0.2) is 4.79 Å². The number of amides is 2. The Morgan fingerprint density at radius 2 is 1.96 bits per heavy atom. The Hall–Kier alpha value is -2.31. The van der Waals surface area contributed by atoms with Gasteiger partial charge in [-0.3, -0.25) is 9.59 Å². The van der Waals surface area contributed by atoms with Crippen LogP contribution in [0.2, 0.25) is 0 Å². The van der Waals surface area contributed by atoms with E-state index in [9.17, 15) is 14.4 Å². The fourth-order valence-corrected chi connectivity index (χ4v) is 3.20.